The third-order valence-corrected chi connectivity index (χ3v) is 2.94. The van der Waals surface area contributed by atoms with E-state index in [1.807, 2.05) is 41.5 Å². The number of piperidine rings is 1. The maximum atomic E-state index is 11.9. The van der Waals surface area contributed by atoms with Crippen molar-refractivity contribution in [1.82, 2.24) is 5.32 Å². The van der Waals surface area contributed by atoms with Crippen molar-refractivity contribution >= 4 is 11.8 Å². The molecule has 1 N–H and O–H groups in total. The molecular weight excluding hydrogens is 298 g/mol. The zero-order valence-corrected chi connectivity index (χ0v) is 15.9. The Bertz CT molecular complexity index is 525. The van der Waals surface area contributed by atoms with Crippen LogP contribution in [-0.2, 0) is 9.59 Å². The maximum absolute atomic E-state index is 11.9. The molecular formula is C21H35NO2. The van der Waals surface area contributed by atoms with E-state index in [0.717, 1.165) is 16.7 Å². The number of rotatable bonds is 2. The van der Waals surface area contributed by atoms with Crippen molar-refractivity contribution in [3.8, 4) is 0 Å². The van der Waals surface area contributed by atoms with Gasteiger partial charge in [-0.25, -0.2) is 0 Å². The van der Waals surface area contributed by atoms with Crippen LogP contribution in [0.2, 0.25) is 0 Å². The third kappa shape index (κ3) is 6.15. The third-order valence-electron chi connectivity index (χ3n) is 2.94. The molecule has 0 aliphatic carbocycles. The standard InChI is InChI=1S/C16H19NO2.2C2H6.CH4/c1-7-11-14(13(9(3)4)10(5)6)12(8-2)16(19)17-15(11)18;2*1-2;/h7-8H,3,5H2,1-2,4,6H3,(H,17,18,19);2*1-2H3;1H4/b11-7+,12-8+;;;. The number of imide groups is 1. The summed E-state index contributed by atoms with van der Waals surface area (Å²) >= 11 is 0. The van der Waals surface area contributed by atoms with Gasteiger partial charge in [0, 0.05) is 16.7 Å². The molecule has 0 saturated carbocycles. The van der Waals surface area contributed by atoms with Gasteiger partial charge in [-0.15, -0.1) is 0 Å². The second kappa shape index (κ2) is 13.3. The van der Waals surface area contributed by atoms with Crippen LogP contribution in [0.1, 0.15) is 62.8 Å². The molecule has 0 spiro atoms. The molecule has 24 heavy (non-hydrogen) atoms. The summed E-state index contributed by atoms with van der Waals surface area (Å²) in [5.41, 5.74) is 3.91. The minimum atomic E-state index is -0.381. The predicted molar refractivity (Wildman–Crippen MR) is 107 cm³/mol. The number of hydrogen-bond donors (Lipinski definition) is 1. The van der Waals surface area contributed by atoms with Crippen LogP contribution in [0.3, 0.4) is 0 Å². The number of nitrogens with one attached hydrogen (secondary N) is 1. The summed E-state index contributed by atoms with van der Waals surface area (Å²) in [6.45, 7) is 23.1. The topological polar surface area (TPSA) is 46.2 Å². The van der Waals surface area contributed by atoms with E-state index in [9.17, 15) is 9.59 Å². The molecule has 1 rings (SSSR count). The van der Waals surface area contributed by atoms with Crippen molar-refractivity contribution in [3.05, 3.63) is 58.7 Å². The molecule has 1 saturated heterocycles. The molecule has 1 heterocycles. The summed E-state index contributed by atoms with van der Waals surface area (Å²) in [6.07, 6.45) is 3.40. The van der Waals surface area contributed by atoms with E-state index in [2.05, 4.69) is 18.5 Å². The average molecular weight is 334 g/mol. The summed E-state index contributed by atoms with van der Waals surface area (Å²) in [4.78, 5) is 23.9. The first kappa shape index (κ1) is 26.7. The molecule has 0 radical (unpaired) electrons. The smallest absolute Gasteiger partial charge is 0.258 e. The van der Waals surface area contributed by atoms with Crippen molar-refractivity contribution in [2.45, 2.75) is 62.8 Å². The van der Waals surface area contributed by atoms with Crippen molar-refractivity contribution in [3.63, 3.8) is 0 Å². The van der Waals surface area contributed by atoms with Gasteiger partial charge in [-0.2, -0.15) is 0 Å². The Balaban J connectivity index is -0.000000817. The highest BCUT2D eigenvalue weighted by atomic mass is 16.2. The van der Waals surface area contributed by atoms with Gasteiger partial charge in [0.25, 0.3) is 11.8 Å². The lowest BCUT2D eigenvalue weighted by Gasteiger charge is -2.24. The quantitative estimate of drug-likeness (QED) is 0.522. The van der Waals surface area contributed by atoms with E-state index < -0.39 is 0 Å². The number of hydrogen-bond acceptors (Lipinski definition) is 2. The first-order valence-electron chi connectivity index (χ1n) is 8.10. The monoisotopic (exact) mass is 333 g/mol. The van der Waals surface area contributed by atoms with Crippen LogP contribution in [0.15, 0.2) is 58.7 Å². The molecule has 3 heteroatoms. The highest BCUT2D eigenvalue weighted by Crippen LogP contribution is 2.33. The number of carbonyl (C=O) groups excluding carboxylic acids is 2. The highest BCUT2D eigenvalue weighted by molar-refractivity contribution is 6.20. The van der Waals surface area contributed by atoms with Gasteiger partial charge in [0.1, 0.15) is 0 Å². The lowest BCUT2D eigenvalue weighted by molar-refractivity contribution is -0.126. The number of amides is 2. The SMILES string of the molecule is C.C=C(C)C(C(=C)C)=C1/C(=C\C)C(=O)NC(=O)/C1=C/C.CC.CC. The zero-order chi connectivity index (χ0) is 18.7. The molecule has 1 fully saturated rings. The van der Waals surface area contributed by atoms with Crippen molar-refractivity contribution < 1.29 is 9.59 Å². The van der Waals surface area contributed by atoms with E-state index in [0.29, 0.717) is 16.7 Å². The Morgan fingerprint density at radius 2 is 1.12 bits per heavy atom. The molecule has 0 aromatic rings. The lowest BCUT2D eigenvalue weighted by Crippen LogP contribution is -2.39. The maximum Gasteiger partial charge on any atom is 0.258 e. The van der Waals surface area contributed by atoms with E-state index in [1.54, 1.807) is 26.0 Å². The van der Waals surface area contributed by atoms with Gasteiger partial charge in [-0.3, -0.25) is 14.9 Å². The highest BCUT2D eigenvalue weighted by Gasteiger charge is 2.31. The predicted octanol–water partition coefficient (Wildman–Crippen LogP) is 5.67. The summed E-state index contributed by atoms with van der Waals surface area (Å²) < 4.78 is 0. The Kier molecular flexibility index (Phi) is 14.8. The van der Waals surface area contributed by atoms with Crippen LogP contribution in [-0.4, -0.2) is 11.8 Å². The van der Waals surface area contributed by atoms with Crippen LogP contribution in [0.4, 0.5) is 0 Å². The molecule has 0 aromatic heterocycles. The summed E-state index contributed by atoms with van der Waals surface area (Å²) in [5, 5.41) is 2.34. The summed E-state index contributed by atoms with van der Waals surface area (Å²) in [6, 6.07) is 0. The van der Waals surface area contributed by atoms with Gasteiger partial charge in [0.15, 0.2) is 0 Å². The fourth-order valence-corrected chi connectivity index (χ4v) is 2.22. The van der Waals surface area contributed by atoms with Gasteiger partial charge < -0.3 is 0 Å². The molecule has 0 atom stereocenters. The number of carbonyl (C=O) groups is 2. The fraction of sp³-hybridized carbons (Fsp3) is 0.429. The van der Waals surface area contributed by atoms with E-state index in [1.165, 1.54) is 0 Å². The van der Waals surface area contributed by atoms with Crippen molar-refractivity contribution in [2.24, 2.45) is 0 Å². The summed E-state index contributed by atoms with van der Waals surface area (Å²) in [5.74, 6) is -0.763. The van der Waals surface area contributed by atoms with Crippen LogP contribution in [0.5, 0.6) is 0 Å². The molecule has 2 amide bonds. The van der Waals surface area contributed by atoms with Gasteiger partial charge in [-0.05, 0) is 33.3 Å². The lowest BCUT2D eigenvalue weighted by atomic mass is 9.84. The Labute approximate surface area is 148 Å². The molecule has 1 aliphatic rings. The van der Waals surface area contributed by atoms with Gasteiger partial charge >= 0.3 is 0 Å². The van der Waals surface area contributed by atoms with Crippen LogP contribution in [0.25, 0.3) is 0 Å². The molecule has 0 bridgehead atoms. The normalized spacial score (nSPS) is 16.1. The first-order chi connectivity index (χ1) is 10.8. The van der Waals surface area contributed by atoms with Crippen LogP contribution >= 0.6 is 0 Å². The number of allylic oxidation sites excluding steroid dienone is 5. The van der Waals surface area contributed by atoms with Crippen LogP contribution in [0, 0.1) is 0 Å². The molecule has 0 aromatic carbocycles. The zero-order valence-electron chi connectivity index (χ0n) is 15.9. The van der Waals surface area contributed by atoms with Crippen molar-refractivity contribution in [2.75, 3.05) is 0 Å². The van der Waals surface area contributed by atoms with Crippen molar-refractivity contribution in [1.29, 1.82) is 0 Å². The van der Waals surface area contributed by atoms with E-state index >= 15 is 0 Å². The first-order valence-corrected chi connectivity index (χ1v) is 8.10. The summed E-state index contributed by atoms with van der Waals surface area (Å²) in [7, 11) is 0. The Hall–Kier alpha value is -2.16. The van der Waals surface area contributed by atoms with Gasteiger partial charge in [0.05, 0.1) is 0 Å². The minimum absolute atomic E-state index is 0. The second-order valence-corrected chi connectivity index (χ2v) is 4.50. The molecule has 0 unspecified atom stereocenters. The Morgan fingerprint density at radius 1 is 0.833 bits per heavy atom. The minimum Gasteiger partial charge on any atom is -0.288 e. The average Bonchev–Trinajstić information content (AvgIpc) is 2.51. The van der Waals surface area contributed by atoms with Gasteiger partial charge in [0.2, 0.25) is 0 Å². The van der Waals surface area contributed by atoms with E-state index in [4.69, 9.17) is 0 Å². The second-order valence-electron chi connectivity index (χ2n) is 4.50. The largest absolute Gasteiger partial charge is 0.288 e. The van der Waals surface area contributed by atoms with Crippen LogP contribution < -0.4 is 5.32 Å². The van der Waals surface area contributed by atoms with E-state index in [-0.39, 0.29) is 19.2 Å². The molecule has 1 aliphatic heterocycles. The Morgan fingerprint density at radius 3 is 1.33 bits per heavy atom. The fourth-order valence-electron chi connectivity index (χ4n) is 2.22. The van der Waals surface area contributed by atoms with Gasteiger partial charge in [-0.1, -0.05) is 71.6 Å². The molecule has 136 valence electrons. The molecule has 3 nitrogen and oxygen atoms in total.